The quantitative estimate of drug-likeness (QED) is 0.486. The minimum Gasteiger partial charge on any atom is -0.295 e. The Labute approximate surface area is 89.7 Å². The van der Waals surface area contributed by atoms with E-state index < -0.39 is 0 Å². The summed E-state index contributed by atoms with van der Waals surface area (Å²) in [5.74, 6) is 0.242. The summed E-state index contributed by atoms with van der Waals surface area (Å²) in [5.41, 5.74) is 0. The summed E-state index contributed by atoms with van der Waals surface area (Å²) in [6.45, 7) is 4.08. The number of hydrogen-bond donors (Lipinski definition) is 0. The van der Waals surface area contributed by atoms with Crippen molar-refractivity contribution >= 4 is 21.7 Å². The summed E-state index contributed by atoms with van der Waals surface area (Å²) in [6, 6.07) is 0. The lowest BCUT2D eigenvalue weighted by Crippen LogP contribution is -1.92. The molecule has 0 N–H and O–H groups in total. The topological polar surface area (TPSA) is 17.1 Å². The number of rotatable bonds is 7. The van der Waals surface area contributed by atoms with Crippen LogP contribution in [0.3, 0.4) is 0 Å². The van der Waals surface area contributed by atoms with E-state index in [2.05, 4.69) is 22.9 Å². The van der Waals surface area contributed by atoms with Crippen LogP contribution in [0.5, 0.6) is 0 Å². The molecule has 0 aliphatic heterocycles. The van der Waals surface area contributed by atoms with Crippen molar-refractivity contribution in [2.75, 3.05) is 0 Å². The number of allylic oxidation sites excluding steroid dienone is 2. The number of ketones is 1. The standard InChI is InChI=1S/C11H19BrO/c1-3-4-5-6-7-8-11(13)9-10(2)12/h9H,3-8H2,1-2H3/b10-9-. The minimum absolute atomic E-state index is 0.242. The van der Waals surface area contributed by atoms with Gasteiger partial charge in [-0.1, -0.05) is 48.5 Å². The molecule has 0 saturated carbocycles. The van der Waals surface area contributed by atoms with Crippen molar-refractivity contribution < 1.29 is 4.79 Å². The van der Waals surface area contributed by atoms with E-state index in [1.807, 2.05) is 6.92 Å². The number of carbonyl (C=O) groups is 1. The summed E-state index contributed by atoms with van der Waals surface area (Å²) in [4.78, 5) is 11.2. The first kappa shape index (κ1) is 12.9. The molecule has 76 valence electrons. The number of hydrogen-bond acceptors (Lipinski definition) is 1. The molecule has 1 nitrogen and oxygen atoms in total. The lowest BCUT2D eigenvalue weighted by molar-refractivity contribution is -0.114. The van der Waals surface area contributed by atoms with E-state index >= 15 is 0 Å². The maximum Gasteiger partial charge on any atom is 0.156 e. The van der Waals surface area contributed by atoms with Crippen LogP contribution in [0.2, 0.25) is 0 Å². The van der Waals surface area contributed by atoms with Gasteiger partial charge < -0.3 is 0 Å². The summed E-state index contributed by atoms with van der Waals surface area (Å²) in [6.07, 6.45) is 8.41. The molecule has 0 amide bonds. The second-order valence-corrected chi connectivity index (χ2v) is 4.61. The van der Waals surface area contributed by atoms with Crippen molar-refractivity contribution in [2.45, 2.75) is 52.4 Å². The SMILES string of the molecule is CCCCCCCC(=O)/C=C(/C)Br. The Kier molecular flexibility index (Phi) is 8.41. The van der Waals surface area contributed by atoms with Gasteiger partial charge in [-0.2, -0.15) is 0 Å². The Balaban J connectivity index is 3.33. The Morgan fingerprint density at radius 1 is 1.23 bits per heavy atom. The molecule has 0 rings (SSSR count). The van der Waals surface area contributed by atoms with E-state index in [0.29, 0.717) is 6.42 Å². The molecule has 0 bridgehead atoms. The van der Waals surface area contributed by atoms with Gasteiger partial charge in [-0.15, -0.1) is 0 Å². The van der Waals surface area contributed by atoms with Crippen LogP contribution in [0.15, 0.2) is 10.6 Å². The number of halogens is 1. The van der Waals surface area contributed by atoms with Crippen LogP contribution in [0.25, 0.3) is 0 Å². The second kappa shape index (κ2) is 8.49. The third-order valence-corrected chi connectivity index (χ3v) is 2.12. The van der Waals surface area contributed by atoms with E-state index in [9.17, 15) is 4.79 Å². The maximum atomic E-state index is 11.2. The Morgan fingerprint density at radius 3 is 2.38 bits per heavy atom. The minimum atomic E-state index is 0.242. The van der Waals surface area contributed by atoms with E-state index in [1.165, 1.54) is 25.7 Å². The van der Waals surface area contributed by atoms with E-state index in [-0.39, 0.29) is 5.78 Å². The highest BCUT2D eigenvalue weighted by molar-refractivity contribution is 9.11. The third-order valence-electron chi connectivity index (χ3n) is 1.89. The summed E-state index contributed by atoms with van der Waals surface area (Å²) in [7, 11) is 0. The number of unbranched alkanes of at least 4 members (excludes halogenated alkanes) is 4. The van der Waals surface area contributed by atoms with Gasteiger partial charge >= 0.3 is 0 Å². The van der Waals surface area contributed by atoms with Gasteiger partial charge in [0.15, 0.2) is 5.78 Å². The van der Waals surface area contributed by atoms with Gasteiger partial charge in [-0.05, 0) is 23.9 Å². The maximum absolute atomic E-state index is 11.2. The highest BCUT2D eigenvalue weighted by Gasteiger charge is 1.97. The van der Waals surface area contributed by atoms with Gasteiger partial charge in [0.05, 0.1) is 0 Å². The molecular formula is C11H19BrO. The van der Waals surface area contributed by atoms with Gasteiger partial charge in [0, 0.05) is 6.42 Å². The van der Waals surface area contributed by atoms with Crippen LogP contribution >= 0.6 is 15.9 Å². The van der Waals surface area contributed by atoms with Gasteiger partial charge in [-0.3, -0.25) is 4.79 Å². The van der Waals surface area contributed by atoms with Crippen LogP contribution in [0.4, 0.5) is 0 Å². The first-order chi connectivity index (χ1) is 6.16. The van der Waals surface area contributed by atoms with Crippen LogP contribution < -0.4 is 0 Å². The molecule has 0 aromatic heterocycles. The van der Waals surface area contributed by atoms with E-state index in [4.69, 9.17) is 0 Å². The third kappa shape index (κ3) is 9.81. The highest BCUT2D eigenvalue weighted by Crippen LogP contribution is 2.08. The van der Waals surface area contributed by atoms with Crippen molar-refractivity contribution in [1.29, 1.82) is 0 Å². The molecule has 0 heterocycles. The Bertz CT molecular complexity index is 169. The first-order valence-corrected chi connectivity index (χ1v) is 5.82. The zero-order chi connectivity index (χ0) is 10.1. The molecular weight excluding hydrogens is 228 g/mol. The molecule has 0 unspecified atom stereocenters. The lowest BCUT2D eigenvalue weighted by atomic mass is 10.1. The zero-order valence-electron chi connectivity index (χ0n) is 8.61. The van der Waals surface area contributed by atoms with Gasteiger partial charge in [0.1, 0.15) is 0 Å². The molecule has 13 heavy (non-hydrogen) atoms. The van der Waals surface area contributed by atoms with E-state index in [1.54, 1.807) is 6.08 Å². The van der Waals surface area contributed by atoms with E-state index in [0.717, 1.165) is 10.9 Å². The molecule has 2 heteroatoms. The molecule has 0 fully saturated rings. The van der Waals surface area contributed by atoms with Crippen LogP contribution in [-0.4, -0.2) is 5.78 Å². The molecule has 0 aromatic rings. The largest absolute Gasteiger partial charge is 0.295 e. The smallest absolute Gasteiger partial charge is 0.156 e. The molecule has 0 saturated heterocycles. The first-order valence-electron chi connectivity index (χ1n) is 5.03. The second-order valence-electron chi connectivity index (χ2n) is 3.36. The van der Waals surface area contributed by atoms with Crippen LogP contribution in [-0.2, 0) is 4.79 Å². The average Bonchev–Trinajstić information content (AvgIpc) is 2.02. The summed E-state index contributed by atoms with van der Waals surface area (Å²) < 4.78 is 0.922. The molecule has 0 spiro atoms. The Morgan fingerprint density at radius 2 is 1.85 bits per heavy atom. The predicted octanol–water partition coefficient (Wildman–Crippen LogP) is 4.21. The predicted molar refractivity (Wildman–Crippen MR) is 61.1 cm³/mol. The summed E-state index contributed by atoms with van der Waals surface area (Å²) >= 11 is 3.25. The van der Waals surface area contributed by atoms with Crippen molar-refractivity contribution in [1.82, 2.24) is 0 Å². The van der Waals surface area contributed by atoms with Crippen LogP contribution in [0.1, 0.15) is 52.4 Å². The van der Waals surface area contributed by atoms with Crippen LogP contribution in [0, 0.1) is 0 Å². The van der Waals surface area contributed by atoms with Gasteiger partial charge in [0.25, 0.3) is 0 Å². The van der Waals surface area contributed by atoms with Gasteiger partial charge in [-0.25, -0.2) is 0 Å². The van der Waals surface area contributed by atoms with Gasteiger partial charge in [0.2, 0.25) is 0 Å². The average molecular weight is 247 g/mol. The monoisotopic (exact) mass is 246 g/mol. The molecule has 0 aromatic carbocycles. The molecule has 0 aliphatic rings. The van der Waals surface area contributed by atoms with Crippen molar-refractivity contribution in [3.8, 4) is 0 Å². The zero-order valence-corrected chi connectivity index (χ0v) is 10.2. The molecule has 0 aliphatic carbocycles. The fraction of sp³-hybridized carbons (Fsp3) is 0.727. The Hall–Kier alpha value is -0.110. The van der Waals surface area contributed by atoms with Crippen molar-refractivity contribution in [3.05, 3.63) is 10.6 Å². The molecule has 0 radical (unpaired) electrons. The fourth-order valence-electron chi connectivity index (χ4n) is 1.20. The normalized spacial score (nSPS) is 11.8. The number of carbonyl (C=O) groups excluding carboxylic acids is 1. The fourth-order valence-corrected chi connectivity index (χ4v) is 1.45. The van der Waals surface area contributed by atoms with Crippen molar-refractivity contribution in [2.24, 2.45) is 0 Å². The van der Waals surface area contributed by atoms with Crippen molar-refractivity contribution in [3.63, 3.8) is 0 Å². The highest BCUT2D eigenvalue weighted by atomic mass is 79.9. The molecule has 0 atom stereocenters. The lowest BCUT2D eigenvalue weighted by Gasteiger charge is -1.97. The summed E-state index contributed by atoms with van der Waals surface area (Å²) in [5, 5.41) is 0.